The number of nitrogens with one attached hydrogen (secondary N) is 2. The summed E-state index contributed by atoms with van der Waals surface area (Å²) in [5, 5.41) is 6.39. The predicted octanol–water partition coefficient (Wildman–Crippen LogP) is 10.4. The molecule has 2 saturated carbocycles. The molecule has 2 fully saturated rings. The maximum atomic E-state index is 13.2. The molecular formula is C42H54N4O3. The lowest BCUT2D eigenvalue weighted by molar-refractivity contribution is 0.0599. The number of carbonyl (C=O) groups excluding carboxylic acids is 2. The van der Waals surface area contributed by atoms with Gasteiger partial charge in [0.1, 0.15) is 5.82 Å². The van der Waals surface area contributed by atoms with Gasteiger partial charge in [-0.1, -0.05) is 96.6 Å². The average molecular weight is 663 g/mol. The van der Waals surface area contributed by atoms with E-state index in [1.54, 1.807) is 0 Å². The summed E-state index contributed by atoms with van der Waals surface area (Å²) in [6.45, 7) is 8.52. The van der Waals surface area contributed by atoms with Crippen molar-refractivity contribution in [3.63, 3.8) is 0 Å². The van der Waals surface area contributed by atoms with Gasteiger partial charge in [0, 0.05) is 23.8 Å². The fraction of sp³-hybridized carbons (Fsp3) is 0.500. The third-order valence-electron chi connectivity index (χ3n) is 10.9. The van der Waals surface area contributed by atoms with Gasteiger partial charge in [0.05, 0.1) is 23.7 Å². The Balaban J connectivity index is 1.23. The summed E-state index contributed by atoms with van der Waals surface area (Å²) in [6.07, 6.45) is 14.5. The molecule has 0 spiro atoms. The quantitative estimate of drug-likeness (QED) is 0.175. The summed E-state index contributed by atoms with van der Waals surface area (Å²) in [6, 6.07) is 20.4. The lowest BCUT2D eigenvalue weighted by atomic mass is 9.72. The molecule has 1 aromatic heterocycles. The lowest BCUT2D eigenvalue weighted by Gasteiger charge is -2.36. The fourth-order valence-corrected chi connectivity index (χ4v) is 8.22. The zero-order valence-corrected chi connectivity index (χ0v) is 30.1. The molecule has 0 aliphatic heterocycles. The monoisotopic (exact) mass is 662 g/mol. The van der Waals surface area contributed by atoms with E-state index in [2.05, 4.69) is 67.2 Å². The summed E-state index contributed by atoms with van der Waals surface area (Å²) >= 11 is 0. The molecule has 2 amide bonds. The Labute approximate surface area is 292 Å². The minimum absolute atomic E-state index is 0.138. The van der Waals surface area contributed by atoms with E-state index in [0.717, 1.165) is 88.9 Å². The smallest absolute Gasteiger partial charge is 0.338 e. The third kappa shape index (κ3) is 7.87. The van der Waals surface area contributed by atoms with Gasteiger partial charge in [0.25, 0.3) is 0 Å². The van der Waals surface area contributed by atoms with E-state index in [0.29, 0.717) is 5.56 Å². The first-order chi connectivity index (χ1) is 23.7. The Morgan fingerprint density at radius 1 is 0.898 bits per heavy atom. The highest BCUT2D eigenvalue weighted by Crippen LogP contribution is 2.39. The summed E-state index contributed by atoms with van der Waals surface area (Å²) in [7, 11) is 1.44. The number of unbranched alkanes of at least 4 members (excludes halogenated alkanes) is 1. The molecule has 0 bridgehead atoms. The average Bonchev–Trinajstić information content (AvgIpc) is 3.48. The zero-order valence-electron chi connectivity index (χ0n) is 30.1. The number of hydrogen-bond acceptors (Lipinski definition) is 4. The van der Waals surface area contributed by atoms with Crippen molar-refractivity contribution in [2.24, 2.45) is 11.8 Å². The number of hydrogen-bond donors (Lipinski definition) is 2. The third-order valence-corrected chi connectivity index (χ3v) is 10.9. The number of ether oxygens (including phenoxy) is 1. The Kier molecular flexibility index (Phi) is 10.8. The van der Waals surface area contributed by atoms with Crippen LogP contribution in [0.4, 0.5) is 10.5 Å². The highest BCUT2D eigenvalue weighted by Gasteiger charge is 2.29. The molecule has 7 heteroatoms. The summed E-state index contributed by atoms with van der Waals surface area (Å²) < 4.78 is 7.45. The van der Waals surface area contributed by atoms with Crippen LogP contribution in [0.3, 0.4) is 0 Å². The first kappa shape index (κ1) is 34.7. The van der Waals surface area contributed by atoms with Crippen LogP contribution < -0.4 is 10.6 Å². The van der Waals surface area contributed by atoms with E-state index in [1.807, 2.05) is 36.4 Å². The van der Waals surface area contributed by atoms with Crippen LogP contribution in [0.2, 0.25) is 0 Å². The number of aromatic nitrogens is 2. The molecule has 2 N–H and O–H groups in total. The van der Waals surface area contributed by atoms with Crippen molar-refractivity contribution in [2.45, 2.75) is 116 Å². The van der Waals surface area contributed by atoms with Gasteiger partial charge in [-0.3, -0.25) is 4.57 Å². The standard InChI is InChI=1S/C42H54N4O3/c1-6-7-16-38-45-36-26-23-32(44-41(48)43-31-21-17-29(18-22-31)28-12-9-8-10-13-28)27-37(36)46(38)33-24-19-30(20-25-33)34-14-11-15-35(42(2,3)4)39(34)40(47)49-5/h11,14-15,19-20,23-29,31H,6-10,12-13,16-18,21-22H2,1-5H3,(H2,43,44,48). The van der Waals surface area contributed by atoms with E-state index in [4.69, 9.17) is 9.72 Å². The molecule has 1 heterocycles. The molecule has 260 valence electrons. The Bertz CT molecular complexity index is 1750. The second kappa shape index (κ2) is 15.2. The van der Waals surface area contributed by atoms with Gasteiger partial charge in [-0.15, -0.1) is 0 Å². The van der Waals surface area contributed by atoms with E-state index >= 15 is 0 Å². The minimum Gasteiger partial charge on any atom is -0.465 e. The first-order valence-corrected chi connectivity index (χ1v) is 18.6. The van der Waals surface area contributed by atoms with Crippen molar-refractivity contribution in [1.29, 1.82) is 0 Å². The molecule has 4 aromatic rings. The SMILES string of the molecule is CCCCc1nc2ccc(NC(=O)NC3CCC(C4CCCCC4)CC3)cc2n1-c1ccc(-c2cccc(C(C)(C)C)c2C(=O)OC)cc1. The van der Waals surface area contributed by atoms with Crippen molar-refractivity contribution in [2.75, 3.05) is 12.4 Å². The molecule has 0 saturated heterocycles. The van der Waals surface area contributed by atoms with E-state index in [-0.39, 0.29) is 23.5 Å². The van der Waals surface area contributed by atoms with Crippen LogP contribution in [0.1, 0.15) is 120 Å². The number of amides is 2. The summed E-state index contributed by atoms with van der Waals surface area (Å²) in [5.41, 5.74) is 6.73. The zero-order chi connectivity index (χ0) is 34.5. The Morgan fingerprint density at radius 3 is 2.29 bits per heavy atom. The van der Waals surface area contributed by atoms with Crippen LogP contribution in [0.15, 0.2) is 60.7 Å². The second-order valence-electron chi connectivity index (χ2n) is 15.3. The number of methoxy groups -OCH3 is 1. The first-order valence-electron chi connectivity index (χ1n) is 18.6. The highest BCUT2D eigenvalue weighted by molar-refractivity contribution is 5.99. The largest absolute Gasteiger partial charge is 0.465 e. The van der Waals surface area contributed by atoms with Crippen LogP contribution >= 0.6 is 0 Å². The van der Waals surface area contributed by atoms with Gasteiger partial charge in [-0.2, -0.15) is 0 Å². The van der Waals surface area contributed by atoms with Crippen LogP contribution in [0.25, 0.3) is 27.8 Å². The van der Waals surface area contributed by atoms with Crippen molar-refractivity contribution >= 4 is 28.7 Å². The summed E-state index contributed by atoms with van der Waals surface area (Å²) in [4.78, 5) is 31.2. The van der Waals surface area contributed by atoms with Crippen LogP contribution in [0, 0.1) is 11.8 Å². The number of imidazole rings is 1. The highest BCUT2D eigenvalue weighted by atomic mass is 16.5. The number of carbonyl (C=O) groups is 2. The van der Waals surface area contributed by atoms with Gasteiger partial charge in [-0.25, -0.2) is 14.6 Å². The number of anilines is 1. The number of fused-ring (bicyclic) bond motifs is 1. The summed E-state index contributed by atoms with van der Waals surface area (Å²) in [5.74, 6) is 2.40. The fourth-order valence-electron chi connectivity index (χ4n) is 8.22. The lowest BCUT2D eigenvalue weighted by Crippen LogP contribution is -2.41. The minimum atomic E-state index is -0.330. The number of nitrogens with zero attached hydrogens (tertiary/aromatic N) is 2. The maximum absolute atomic E-state index is 13.2. The van der Waals surface area contributed by atoms with Crippen LogP contribution in [0.5, 0.6) is 0 Å². The molecule has 7 nitrogen and oxygen atoms in total. The Morgan fingerprint density at radius 2 is 1.61 bits per heavy atom. The van der Waals surface area contributed by atoms with Gasteiger partial charge in [-0.05, 0) is 96.4 Å². The van der Waals surface area contributed by atoms with Crippen LogP contribution in [-0.4, -0.2) is 34.7 Å². The van der Waals surface area contributed by atoms with Gasteiger partial charge in [0.15, 0.2) is 0 Å². The molecule has 2 aliphatic rings. The van der Waals surface area contributed by atoms with Crippen molar-refractivity contribution in [3.05, 3.63) is 77.6 Å². The second-order valence-corrected chi connectivity index (χ2v) is 15.3. The van der Waals surface area contributed by atoms with Gasteiger partial charge >= 0.3 is 12.0 Å². The van der Waals surface area contributed by atoms with Gasteiger partial charge < -0.3 is 15.4 Å². The normalized spacial score (nSPS) is 18.7. The van der Waals surface area contributed by atoms with Crippen molar-refractivity contribution < 1.29 is 14.3 Å². The number of benzene rings is 3. The maximum Gasteiger partial charge on any atom is 0.338 e. The molecular weight excluding hydrogens is 608 g/mol. The molecule has 0 unspecified atom stereocenters. The molecule has 2 aliphatic carbocycles. The molecule has 0 atom stereocenters. The molecule has 0 radical (unpaired) electrons. The molecule has 49 heavy (non-hydrogen) atoms. The van der Waals surface area contributed by atoms with E-state index in [1.165, 1.54) is 52.1 Å². The van der Waals surface area contributed by atoms with Gasteiger partial charge in [0.2, 0.25) is 0 Å². The van der Waals surface area contributed by atoms with E-state index in [9.17, 15) is 9.59 Å². The topological polar surface area (TPSA) is 85.3 Å². The number of aryl methyl sites for hydroxylation is 1. The van der Waals surface area contributed by atoms with Crippen molar-refractivity contribution in [1.82, 2.24) is 14.9 Å². The molecule has 3 aromatic carbocycles. The predicted molar refractivity (Wildman–Crippen MR) is 200 cm³/mol. The Hall–Kier alpha value is -4.13. The van der Waals surface area contributed by atoms with E-state index < -0.39 is 0 Å². The number of esters is 1. The molecule has 6 rings (SSSR count). The van der Waals surface area contributed by atoms with Crippen LogP contribution in [-0.2, 0) is 16.6 Å². The van der Waals surface area contributed by atoms with Crippen molar-refractivity contribution in [3.8, 4) is 16.8 Å². The number of rotatable bonds is 9. The number of urea groups is 1.